The monoisotopic (exact) mass is 579 g/mol. The fourth-order valence-electron chi connectivity index (χ4n) is 8.82. The van der Waals surface area contributed by atoms with Crippen LogP contribution in [0.25, 0.3) is 11.3 Å². The first-order chi connectivity index (χ1) is 21.0. The molecule has 5 atom stereocenters. The second kappa shape index (κ2) is 10.8. The highest BCUT2D eigenvalue weighted by Gasteiger charge is 2.55. The molecule has 4 bridgehead atoms. The third kappa shape index (κ3) is 5.14. The van der Waals surface area contributed by atoms with E-state index >= 15 is 0 Å². The van der Waals surface area contributed by atoms with Gasteiger partial charge in [-0.15, -0.1) is 0 Å². The van der Waals surface area contributed by atoms with Gasteiger partial charge in [0.15, 0.2) is 0 Å². The first kappa shape index (κ1) is 27.0. The molecule has 0 radical (unpaired) electrons. The van der Waals surface area contributed by atoms with Crippen molar-refractivity contribution in [3.8, 4) is 17.0 Å². The van der Waals surface area contributed by atoms with Gasteiger partial charge in [0, 0.05) is 30.4 Å². The number of piperidine rings is 1. The molecule has 43 heavy (non-hydrogen) atoms. The summed E-state index contributed by atoms with van der Waals surface area (Å²) in [5.74, 6) is 2.23. The summed E-state index contributed by atoms with van der Waals surface area (Å²) in [6.45, 7) is 3.33. The number of carbonyl (C=O) groups excluding carboxylic acids is 1. The maximum absolute atomic E-state index is 13.7. The average molecular weight is 580 g/mol. The Hall–Kier alpha value is -3.62. The van der Waals surface area contributed by atoms with Crippen LogP contribution in [0.5, 0.6) is 5.75 Å². The van der Waals surface area contributed by atoms with E-state index in [9.17, 15) is 9.90 Å². The molecule has 4 saturated carbocycles. The van der Waals surface area contributed by atoms with Gasteiger partial charge in [0.1, 0.15) is 11.9 Å². The Kier molecular flexibility index (Phi) is 6.79. The summed E-state index contributed by atoms with van der Waals surface area (Å²) in [5, 5.41) is 17.8. The minimum Gasteiger partial charge on any atom is -0.489 e. The van der Waals surface area contributed by atoms with Gasteiger partial charge >= 0.3 is 6.03 Å². The number of nitrogens with zero attached hydrogens (tertiary/aromatic N) is 3. The lowest BCUT2D eigenvalue weighted by Crippen LogP contribution is -2.63. The highest BCUT2D eigenvalue weighted by molar-refractivity contribution is 5.98. The number of anilines is 3. The molecule has 9 rings (SSSR count). The standard InChI is InChI=1S/C35H41N5O3/c41-34(38-33-25-17-23-18-26(33)21-35(42,19-23)20-25)40-16-15-39(31-3-1-2-4-32(31)40)27-7-5-24(6-8-27)30-10-9-29(22-37-30)43-28-11-13-36-14-12-28/h1-10,22-23,25-26,28,33,36,42H,11-21H2,(H,38,41)/t23?,25-,26+,33?,35?. The molecule has 2 amide bonds. The molecule has 1 saturated heterocycles. The van der Waals surface area contributed by atoms with Crippen molar-refractivity contribution in [1.82, 2.24) is 15.6 Å². The zero-order valence-electron chi connectivity index (χ0n) is 24.6. The molecule has 2 aromatic carbocycles. The molecule has 3 N–H and O–H groups in total. The largest absolute Gasteiger partial charge is 0.489 e. The van der Waals surface area contributed by atoms with Gasteiger partial charge in [0.2, 0.25) is 0 Å². The smallest absolute Gasteiger partial charge is 0.322 e. The molecule has 3 heterocycles. The van der Waals surface area contributed by atoms with Crippen LogP contribution in [0.15, 0.2) is 66.9 Å². The SMILES string of the molecule is O=C(NC1[C@@H]2CC3C[C@H]1CC(O)(C3)C2)N1CCN(c2ccc(-c3ccc(OC4CCNCC4)cn3)cc2)c2ccccc21. The highest BCUT2D eigenvalue weighted by atomic mass is 16.5. The minimum absolute atomic E-state index is 0.00874. The topological polar surface area (TPSA) is 90.0 Å². The average Bonchev–Trinajstić information content (AvgIpc) is 3.02. The van der Waals surface area contributed by atoms with Crippen molar-refractivity contribution in [2.75, 3.05) is 36.0 Å². The fourth-order valence-corrected chi connectivity index (χ4v) is 8.82. The molecule has 2 aliphatic heterocycles. The summed E-state index contributed by atoms with van der Waals surface area (Å²) in [5.41, 5.74) is 4.55. The number of pyridine rings is 1. The predicted molar refractivity (Wildman–Crippen MR) is 168 cm³/mol. The molecule has 3 unspecified atom stereocenters. The molecule has 1 aromatic heterocycles. The van der Waals surface area contributed by atoms with E-state index in [4.69, 9.17) is 4.74 Å². The van der Waals surface area contributed by atoms with Crippen LogP contribution in [0.1, 0.15) is 44.9 Å². The van der Waals surface area contributed by atoms with E-state index in [2.05, 4.69) is 50.8 Å². The Balaban J connectivity index is 0.956. The summed E-state index contributed by atoms with van der Waals surface area (Å²) < 4.78 is 6.12. The van der Waals surface area contributed by atoms with Crippen molar-refractivity contribution >= 4 is 23.1 Å². The van der Waals surface area contributed by atoms with Crippen molar-refractivity contribution in [3.63, 3.8) is 0 Å². The fraction of sp³-hybridized carbons (Fsp3) is 0.486. The van der Waals surface area contributed by atoms with E-state index in [0.717, 1.165) is 92.1 Å². The number of hydrogen-bond acceptors (Lipinski definition) is 6. The number of nitrogens with one attached hydrogen (secondary N) is 2. The summed E-state index contributed by atoms with van der Waals surface area (Å²) in [4.78, 5) is 22.6. The van der Waals surface area contributed by atoms with Crippen LogP contribution in [-0.4, -0.2) is 60.0 Å². The van der Waals surface area contributed by atoms with Gasteiger partial charge < -0.3 is 25.4 Å². The molecule has 6 aliphatic rings. The number of carbonyl (C=O) groups is 1. The van der Waals surface area contributed by atoms with E-state index in [1.807, 2.05) is 41.4 Å². The van der Waals surface area contributed by atoms with Gasteiger partial charge in [-0.05, 0) is 112 Å². The number of fused-ring (bicyclic) bond motifs is 1. The first-order valence-corrected chi connectivity index (χ1v) is 16.1. The van der Waals surface area contributed by atoms with Crippen molar-refractivity contribution in [1.29, 1.82) is 0 Å². The van der Waals surface area contributed by atoms with E-state index in [1.54, 1.807) is 0 Å². The van der Waals surface area contributed by atoms with Gasteiger partial charge in [0.05, 0.1) is 28.9 Å². The number of hydrogen-bond donors (Lipinski definition) is 3. The molecule has 5 fully saturated rings. The number of rotatable bonds is 5. The third-order valence-corrected chi connectivity index (χ3v) is 10.6. The molecule has 0 spiro atoms. The van der Waals surface area contributed by atoms with Gasteiger partial charge in [-0.2, -0.15) is 0 Å². The Labute approximate surface area is 253 Å². The van der Waals surface area contributed by atoms with Crippen molar-refractivity contribution in [3.05, 3.63) is 66.9 Å². The Morgan fingerprint density at radius 3 is 2.37 bits per heavy atom. The number of amides is 2. The molecular formula is C35H41N5O3. The lowest BCUT2D eigenvalue weighted by molar-refractivity contribution is -0.136. The van der Waals surface area contributed by atoms with Gasteiger partial charge in [-0.25, -0.2) is 4.79 Å². The van der Waals surface area contributed by atoms with Gasteiger partial charge in [-0.3, -0.25) is 9.88 Å². The van der Waals surface area contributed by atoms with Crippen molar-refractivity contribution in [2.24, 2.45) is 17.8 Å². The van der Waals surface area contributed by atoms with E-state index in [0.29, 0.717) is 30.8 Å². The van der Waals surface area contributed by atoms with Crippen molar-refractivity contribution < 1.29 is 14.6 Å². The maximum atomic E-state index is 13.7. The minimum atomic E-state index is -0.494. The van der Waals surface area contributed by atoms with E-state index in [1.165, 1.54) is 0 Å². The van der Waals surface area contributed by atoms with Gasteiger partial charge in [0.25, 0.3) is 0 Å². The molecule has 224 valence electrons. The number of para-hydroxylation sites is 2. The first-order valence-electron chi connectivity index (χ1n) is 16.1. The van der Waals surface area contributed by atoms with E-state index < -0.39 is 5.60 Å². The van der Waals surface area contributed by atoms with Crippen LogP contribution in [0.4, 0.5) is 21.9 Å². The Morgan fingerprint density at radius 2 is 1.67 bits per heavy atom. The maximum Gasteiger partial charge on any atom is 0.322 e. The van der Waals surface area contributed by atoms with Crippen LogP contribution >= 0.6 is 0 Å². The normalized spacial score (nSPS) is 29.8. The summed E-state index contributed by atoms with van der Waals surface area (Å²) in [6.07, 6.45) is 9.02. The second-order valence-electron chi connectivity index (χ2n) is 13.5. The third-order valence-electron chi connectivity index (χ3n) is 10.6. The van der Waals surface area contributed by atoms with Gasteiger partial charge in [-0.1, -0.05) is 24.3 Å². The number of aliphatic hydroxyl groups is 1. The number of benzene rings is 2. The predicted octanol–water partition coefficient (Wildman–Crippen LogP) is 5.49. The number of ether oxygens (including phenoxy) is 1. The quantitative estimate of drug-likeness (QED) is 0.371. The highest BCUT2D eigenvalue weighted by Crippen LogP contribution is 2.55. The Morgan fingerprint density at radius 1 is 0.930 bits per heavy atom. The Bertz CT molecular complexity index is 1460. The molecule has 8 nitrogen and oxygen atoms in total. The summed E-state index contributed by atoms with van der Waals surface area (Å²) in [7, 11) is 0. The number of aromatic nitrogens is 1. The molecule has 8 heteroatoms. The van der Waals surface area contributed by atoms with Crippen LogP contribution < -0.4 is 25.2 Å². The molecular weight excluding hydrogens is 538 g/mol. The lowest BCUT2D eigenvalue weighted by Gasteiger charge is -2.58. The van der Waals surface area contributed by atoms with E-state index in [-0.39, 0.29) is 18.2 Å². The zero-order valence-corrected chi connectivity index (χ0v) is 24.6. The second-order valence-corrected chi connectivity index (χ2v) is 13.5. The molecule has 3 aromatic rings. The van der Waals surface area contributed by atoms with Crippen LogP contribution in [0.3, 0.4) is 0 Å². The summed E-state index contributed by atoms with van der Waals surface area (Å²) >= 11 is 0. The zero-order chi connectivity index (χ0) is 29.0. The van der Waals surface area contributed by atoms with Crippen molar-refractivity contribution in [2.45, 2.75) is 62.7 Å². The van der Waals surface area contributed by atoms with Crippen LogP contribution in [0, 0.1) is 17.8 Å². The summed E-state index contributed by atoms with van der Waals surface area (Å²) in [6, 6.07) is 20.9. The lowest BCUT2D eigenvalue weighted by atomic mass is 9.52. The van der Waals surface area contributed by atoms with Crippen LogP contribution in [-0.2, 0) is 0 Å². The molecule has 4 aliphatic carbocycles. The number of urea groups is 1. The van der Waals surface area contributed by atoms with Crippen LogP contribution in [0.2, 0.25) is 0 Å².